The van der Waals surface area contributed by atoms with Crippen LogP contribution in [0.4, 0.5) is 4.39 Å². The standard InChI is InChI=1S/C16H24FNO2/c1-3-19-20-13-16(2)12-18(11-15(16)9-17)10-14-7-5-4-6-8-14/h4-8,15H,3,9-13H2,1-2H3/t15-,16+/m1/s1. The average molecular weight is 281 g/mol. The van der Waals surface area contributed by atoms with Gasteiger partial charge in [-0.25, -0.2) is 9.78 Å². The van der Waals surface area contributed by atoms with Crippen LogP contribution in [0.5, 0.6) is 0 Å². The van der Waals surface area contributed by atoms with Crippen molar-refractivity contribution in [3.8, 4) is 0 Å². The fourth-order valence-corrected chi connectivity index (χ4v) is 2.86. The Balaban J connectivity index is 1.94. The quantitative estimate of drug-likeness (QED) is 0.435. The van der Waals surface area contributed by atoms with Crippen molar-refractivity contribution in [2.24, 2.45) is 11.3 Å². The van der Waals surface area contributed by atoms with Gasteiger partial charge in [0.05, 0.1) is 19.9 Å². The maximum absolute atomic E-state index is 13.3. The van der Waals surface area contributed by atoms with Gasteiger partial charge in [0.15, 0.2) is 0 Å². The molecule has 0 amide bonds. The van der Waals surface area contributed by atoms with Gasteiger partial charge >= 0.3 is 0 Å². The molecule has 3 nitrogen and oxygen atoms in total. The monoisotopic (exact) mass is 281 g/mol. The van der Waals surface area contributed by atoms with Crippen LogP contribution in [0.25, 0.3) is 0 Å². The highest BCUT2D eigenvalue weighted by atomic mass is 19.1. The molecule has 0 bridgehead atoms. The summed E-state index contributed by atoms with van der Waals surface area (Å²) in [6.07, 6.45) is 0. The van der Waals surface area contributed by atoms with Gasteiger partial charge in [-0.1, -0.05) is 37.3 Å². The van der Waals surface area contributed by atoms with E-state index in [1.807, 2.05) is 25.1 Å². The fraction of sp³-hybridized carbons (Fsp3) is 0.625. The number of hydrogen-bond donors (Lipinski definition) is 0. The topological polar surface area (TPSA) is 21.7 Å². The first-order valence-corrected chi connectivity index (χ1v) is 7.24. The number of hydrogen-bond acceptors (Lipinski definition) is 3. The zero-order valence-electron chi connectivity index (χ0n) is 12.3. The second-order valence-corrected chi connectivity index (χ2v) is 5.83. The summed E-state index contributed by atoms with van der Waals surface area (Å²) >= 11 is 0. The van der Waals surface area contributed by atoms with Gasteiger partial charge in [-0.2, -0.15) is 0 Å². The van der Waals surface area contributed by atoms with Crippen LogP contribution < -0.4 is 0 Å². The lowest BCUT2D eigenvalue weighted by Crippen LogP contribution is -2.33. The maximum atomic E-state index is 13.3. The summed E-state index contributed by atoms with van der Waals surface area (Å²) in [5.74, 6) is 0.00617. The van der Waals surface area contributed by atoms with Crippen molar-refractivity contribution in [1.82, 2.24) is 4.90 Å². The Morgan fingerprint density at radius 2 is 2.05 bits per heavy atom. The van der Waals surface area contributed by atoms with Crippen LogP contribution in [0.2, 0.25) is 0 Å². The van der Waals surface area contributed by atoms with E-state index in [4.69, 9.17) is 9.78 Å². The molecular weight excluding hydrogens is 257 g/mol. The van der Waals surface area contributed by atoms with E-state index in [1.165, 1.54) is 5.56 Å². The summed E-state index contributed by atoms with van der Waals surface area (Å²) in [5, 5.41) is 0. The highest BCUT2D eigenvalue weighted by molar-refractivity contribution is 5.15. The Kier molecular flexibility index (Phi) is 5.52. The van der Waals surface area contributed by atoms with Gasteiger partial charge in [-0.3, -0.25) is 9.29 Å². The maximum Gasteiger partial charge on any atom is 0.0941 e. The van der Waals surface area contributed by atoms with Crippen molar-refractivity contribution in [1.29, 1.82) is 0 Å². The average Bonchev–Trinajstić information content (AvgIpc) is 2.76. The molecular formula is C16H24FNO2. The Morgan fingerprint density at radius 3 is 2.70 bits per heavy atom. The second-order valence-electron chi connectivity index (χ2n) is 5.83. The number of rotatable bonds is 7. The third kappa shape index (κ3) is 3.78. The van der Waals surface area contributed by atoms with Gasteiger partial charge in [0.1, 0.15) is 0 Å². The lowest BCUT2D eigenvalue weighted by Gasteiger charge is -2.28. The van der Waals surface area contributed by atoms with E-state index in [1.54, 1.807) is 0 Å². The van der Waals surface area contributed by atoms with Crippen LogP contribution in [0.1, 0.15) is 19.4 Å². The Labute approximate surface area is 120 Å². The van der Waals surface area contributed by atoms with Crippen molar-refractivity contribution >= 4 is 0 Å². The molecule has 0 unspecified atom stereocenters. The molecule has 1 saturated heterocycles. The molecule has 0 saturated carbocycles. The molecule has 2 atom stereocenters. The van der Waals surface area contributed by atoms with Crippen molar-refractivity contribution in [2.75, 3.05) is 33.0 Å². The van der Waals surface area contributed by atoms with Gasteiger partial charge in [0.2, 0.25) is 0 Å². The van der Waals surface area contributed by atoms with Crippen LogP contribution in [-0.2, 0) is 16.3 Å². The first-order valence-electron chi connectivity index (χ1n) is 7.24. The first kappa shape index (κ1) is 15.4. The van der Waals surface area contributed by atoms with Gasteiger partial charge in [0, 0.05) is 31.0 Å². The minimum absolute atomic E-state index is 0.00617. The van der Waals surface area contributed by atoms with Crippen LogP contribution in [0.3, 0.4) is 0 Å². The van der Waals surface area contributed by atoms with E-state index in [-0.39, 0.29) is 18.0 Å². The fourth-order valence-electron chi connectivity index (χ4n) is 2.86. The smallest absolute Gasteiger partial charge is 0.0941 e. The Hall–Kier alpha value is -0.970. The minimum atomic E-state index is -0.308. The molecule has 0 radical (unpaired) electrons. The van der Waals surface area contributed by atoms with E-state index in [0.29, 0.717) is 13.2 Å². The molecule has 1 aliphatic rings. The molecule has 0 spiro atoms. The van der Waals surface area contributed by atoms with Gasteiger partial charge in [-0.15, -0.1) is 0 Å². The van der Waals surface area contributed by atoms with E-state index in [9.17, 15) is 4.39 Å². The minimum Gasteiger partial charge on any atom is -0.298 e. The SMILES string of the molecule is CCOOC[C@]1(C)CN(Cc2ccccc2)C[C@H]1CF. The third-order valence-electron chi connectivity index (χ3n) is 4.07. The van der Waals surface area contributed by atoms with Crippen molar-refractivity contribution in [2.45, 2.75) is 20.4 Å². The lowest BCUT2D eigenvalue weighted by atomic mass is 9.81. The molecule has 1 aromatic rings. The Morgan fingerprint density at radius 1 is 1.30 bits per heavy atom. The summed E-state index contributed by atoms with van der Waals surface area (Å²) in [6, 6.07) is 10.3. The molecule has 1 heterocycles. The van der Waals surface area contributed by atoms with Crippen molar-refractivity contribution < 1.29 is 14.2 Å². The molecule has 1 aliphatic heterocycles. The van der Waals surface area contributed by atoms with E-state index >= 15 is 0 Å². The second kappa shape index (κ2) is 7.16. The van der Waals surface area contributed by atoms with Crippen molar-refractivity contribution in [3.63, 3.8) is 0 Å². The molecule has 0 aliphatic carbocycles. The van der Waals surface area contributed by atoms with Crippen LogP contribution in [0.15, 0.2) is 30.3 Å². The summed E-state index contributed by atoms with van der Waals surface area (Å²) < 4.78 is 13.3. The number of nitrogens with zero attached hydrogens (tertiary/aromatic N) is 1. The summed E-state index contributed by atoms with van der Waals surface area (Å²) in [5.41, 5.74) is 1.08. The number of halogens is 1. The van der Waals surface area contributed by atoms with Crippen molar-refractivity contribution in [3.05, 3.63) is 35.9 Å². The number of likely N-dealkylation sites (tertiary alicyclic amines) is 1. The van der Waals surface area contributed by atoms with Gasteiger partial charge in [0.25, 0.3) is 0 Å². The first-order chi connectivity index (χ1) is 9.68. The van der Waals surface area contributed by atoms with Crippen LogP contribution >= 0.6 is 0 Å². The summed E-state index contributed by atoms with van der Waals surface area (Å²) in [7, 11) is 0. The Bertz CT molecular complexity index is 401. The molecule has 0 N–H and O–H groups in total. The van der Waals surface area contributed by atoms with Crippen LogP contribution in [-0.4, -0.2) is 37.9 Å². The largest absolute Gasteiger partial charge is 0.298 e. The van der Waals surface area contributed by atoms with Gasteiger partial charge in [-0.05, 0) is 12.5 Å². The zero-order chi connectivity index (χ0) is 14.4. The summed E-state index contributed by atoms with van der Waals surface area (Å²) in [4.78, 5) is 12.5. The molecule has 1 aromatic carbocycles. The number of alkyl halides is 1. The van der Waals surface area contributed by atoms with Gasteiger partial charge < -0.3 is 0 Å². The van der Waals surface area contributed by atoms with E-state index in [0.717, 1.165) is 19.6 Å². The molecule has 2 rings (SSSR count). The lowest BCUT2D eigenvalue weighted by molar-refractivity contribution is -0.307. The molecule has 1 fully saturated rings. The predicted octanol–water partition coefficient (Wildman–Crippen LogP) is 3.06. The predicted molar refractivity (Wildman–Crippen MR) is 76.9 cm³/mol. The highest BCUT2D eigenvalue weighted by Crippen LogP contribution is 2.37. The zero-order valence-corrected chi connectivity index (χ0v) is 12.3. The normalized spacial score (nSPS) is 27.1. The van der Waals surface area contributed by atoms with E-state index in [2.05, 4.69) is 24.0 Å². The molecule has 4 heteroatoms. The number of benzene rings is 1. The van der Waals surface area contributed by atoms with E-state index < -0.39 is 0 Å². The third-order valence-corrected chi connectivity index (χ3v) is 4.07. The molecule has 20 heavy (non-hydrogen) atoms. The summed E-state index contributed by atoms with van der Waals surface area (Å²) in [6.45, 7) is 7.09. The van der Waals surface area contributed by atoms with Crippen LogP contribution in [0, 0.1) is 11.3 Å². The molecule has 0 aromatic heterocycles. The molecule has 112 valence electrons. The highest BCUT2D eigenvalue weighted by Gasteiger charge is 2.43.